The van der Waals surface area contributed by atoms with E-state index in [-0.39, 0.29) is 18.0 Å². The Kier molecular flexibility index (Phi) is 1.48. The van der Waals surface area contributed by atoms with Crippen molar-refractivity contribution in [2.75, 3.05) is 6.61 Å². The second kappa shape index (κ2) is 2.29. The molecule has 2 aliphatic rings. The van der Waals surface area contributed by atoms with Gasteiger partial charge in [0.1, 0.15) is 11.7 Å². The molecule has 4 nitrogen and oxygen atoms in total. The number of aldehydes is 1. The number of esters is 1. The van der Waals surface area contributed by atoms with Gasteiger partial charge in [-0.25, -0.2) is 0 Å². The van der Waals surface area contributed by atoms with Crippen LogP contribution in [0.3, 0.4) is 0 Å². The van der Waals surface area contributed by atoms with Crippen molar-refractivity contribution < 1.29 is 19.1 Å². The molecule has 0 spiro atoms. The summed E-state index contributed by atoms with van der Waals surface area (Å²) in [6.45, 7) is 2.05. The van der Waals surface area contributed by atoms with Gasteiger partial charge >= 0.3 is 5.97 Å². The van der Waals surface area contributed by atoms with Gasteiger partial charge in [-0.05, 0) is 6.92 Å². The van der Waals surface area contributed by atoms with Crippen LogP contribution in [-0.2, 0) is 19.1 Å². The quantitative estimate of drug-likeness (QED) is 0.407. The van der Waals surface area contributed by atoms with Crippen LogP contribution in [-0.4, -0.2) is 30.6 Å². The molecule has 0 aromatic heterocycles. The summed E-state index contributed by atoms with van der Waals surface area (Å²) in [5, 5.41) is 0. The topological polar surface area (TPSA) is 52.6 Å². The summed E-state index contributed by atoms with van der Waals surface area (Å²) in [5.74, 6) is -0.302. The minimum Gasteiger partial charge on any atom is -0.459 e. The third kappa shape index (κ3) is 0.876. The van der Waals surface area contributed by atoms with E-state index in [9.17, 15) is 9.59 Å². The molecule has 0 radical (unpaired) electrons. The highest BCUT2D eigenvalue weighted by Gasteiger charge is 2.53. The van der Waals surface area contributed by atoms with Gasteiger partial charge in [0, 0.05) is 5.92 Å². The highest BCUT2D eigenvalue weighted by atomic mass is 16.6. The third-order valence-corrected chi connectivity index (χ3v) is 2.65. The number of carbonyl (C=O) groups is 2. The molecule has 3 unspecified atom stereocenters. The molecule has 2 fully saturated rings. The number of hydrogen-bond donors (Lipinski definition) is 0. The van der Waals surface area contributed by atoms with Gasteiger partial charge in [0.05, 0.1) is 13.0 Å². The fourth-order valence-corrected chi connectivity index (χ4v) is 1.82. The van der Waals surface area contributed by atoms with E-state index in [1.54, 1.807) is 6.92 Å². The minimum absolute atomic E-state index is 0.0810. The van der Waals surface area contributed by atoms with Crippen LogP contribution in [0.25, 0.3) is 0 Å². The van der Waals surface area contributed by atoms with E-state index < -0.39 is 5.60 Å². The van der Waals surface area contributed by atoms with E-state index in [0.717, 1.165) is 6.29 Å². The summed E-state index contributed by atoms with van der Waals surface area (Å²) in [5.41, 5.74) is -0.809. The van der Waals surface area contributed by atoms with Crippen molar-refractivity contribution in [1.29, 1.82) is 0 Å². The number of ether oxygens (including phenoxy) is 2. The average Bonchev–Trinajstić information content (AvgIpc) is 2.53. The molecule has 0 N–H and O–H groups in total. The van der Waals surface area contributed by atoms with Crippen LogP contribution in [0, 0.1) is 5.92 Å². The fraction of sp³-hybridized carbons (Fsp3) is 0.750. The molecule has 0 aromatic carbocycles. The van der Waals surface area contributed by atoms with Gasteiger partial charge < -0.3 is 14.3 Å². The maximum absolute atomic E-state index is 10.9. The summed E-state index contributed by atoms with van der Waals surface area (Å²) in [4.78, 5) is 21.6. The van der Waals surface area contributed by atoms with E-state index in [0.29, 0.717) is 13.0 Å². The van der Waals surface area contributed by atoms with Gasteiger partial charge in [-0.15, -0.1) is 0 Å². The van der Waals surface area contributed by atoms with Crippen LogP contribution in [0.2, 0.25) is 0 Å². The standard InChI is InChI=1S/C8H10O4/c1-8(4-9)5-2-7(10)12-6(5)3-11-8/h4-6H,2-3H2,1H3. The lowest BCUT2D eigenvalue weighted by molar-refractivity contribution is -0.143. The predicted octanol–water partition coefficient (Wildman–Crippen LogP) is -0.0941. The van der Waals surface area contributed by atoms with Crippen molar-refractivity contribution >= 4 is 12.3 Å². The molecule has 0 amide bonds. The van der Waals surface area contributed by atoms with Crippen molar-refractivity contribution in [1.82, 2.24) is 0 Å². The molecule has 0 bridgehead atoms. The maximum Gasteiger partial charge on any atom is 0.306 e. The summed E-state index contributed by atoms with van der Waals surface area (Å²) >= 11 is 0. The SMILES string of the molecule is CC1(C=O)OCC2OC(=O)CC21. The van der Waals surface area contributed by atoms with Crippen molar-refractivity contribution in [3.8, 4) is 0 Å². The Morgan fingerprint density at radius 3 is 3.08 bits per heavy atom. The van der Waals surface area contributed by atoms with Crippen LogP contribution in [0.15, 0.2) is 0 Å². The first-order valence-electron chi connectivity index (χ1n) is 3.95. The molecule has 4 heteroatoms. The van der Waals surface area contributed by atoms with Crippen molar-refractivity contribution in [2.45, 2.75) is 25.0 Å². The monoisotopic (exact) mass is 170 g/mol. The number of hydrogen-bond acceptors (Lipinski definition) is 4. The van der Waals surface area contributed by atoms with Crippen LogP contribution < -0.4 is 0 Å². The molecule has 2 saturated heterocycles. The highest BCUT2D eigenvalue weighted by Crippen LogP contribution is 2.39. The molecule has 0 aromatic rings. The number of carbonyl (C=O) groups excluding carboxylic acids is 2. The number of rotatable bonds is 1. The second-order valence-corrected chi connectivity index (χ2v) is 3.45. The van der Waals surface area contributed by atoms with Gasteiger partial charge in [0.2, 0.25) is 0 Å². The normalized spacial score (nSPS) is 45.6. The highest BCUT2D eigenvalue weighted by molar-refractivity contribution is 5.75. The Morgan fingerprint density at radius 2 is 2.42 bits per heavy atom. The van der Waals surface area contributed by atoms with Crippen LogP contribution >= 0.6 is 0 Å². The molecule has 66 valence electrons. The first-order valence-corrected chi connectivity index (χ1v) is 3.95. The summed E-state index contributed by atoms with van der Waals surface area (Å²) in [6.07, 6.45) is 0.868. The van der Waals surface area contributed by atoms with E-state index >= 15 is 0 Å². The molecule has 2 aliphatic heterocycles. The van der Waals surface area contributed by atoms with Crippen molar-refractivity contribution in [3.63, 3.8) is 0 Å². The maximum atomic E-state index is 10.9. The first-order chi connectivity index (χ1) is 5.65. The number of fused-ring (bicyclic) bond motifs is 1. The molecule has 12 heavy (non-hydrogen) atoms. The van der Waals surface area contributed by atoms with Crippen LogP contribution in [0.4, 0.5) is 0 Å². The molecule has 0 aliphatic carbocycles. The molecule has 2 rings (SSSR count). The average molecular weight is 170 g/mol. The third-order valence-electron chi connectivity index (χ3n) is 2.65. The zero-order valence-corrected chi connectivity index (χ0v) is 6.78. The predicted molar refractivity (Wildman–Crippen MR) is 38.4 cm³/mol. The van der Waals surface area contributed by atoms with Gasteiger partial charge in [-0.2, -0.15) is 0 Å². The molecular formula is C8H10O4. The summed E-state index contributed by atoms with van der Waals surface area (Å²) in [6, 6.07) is 0. The fourth-order valence-electron chi connectivity index (χ4n) is 1.82. The van der Waals surface area contributed by atoms with Crippen molar-refractivity contribution in [2.24, 2.45) is 5.92 Å². The second-order valence-electron chi connectivity index (χ2n) is 3.45. The lowest BCUT2D eigenvalue weighted by atomic mass is 9.88. The van der Waals surface area contributed by atoms with E-state index in [4.69, 9.17) is 9.47 Å². The lowest BCUT2D eigenvalue weighted by Gasteiger charge is -2.20. The van der Waals surface area contributed by atoms with E-state index in [1.165, 1.54) is 0 Å². The molecule has 2 heterocycles. The largest absolute Gasteiger partial charge is 0.459 e. The van der Waals surface area contributed by atoms with E-state index in [2.05, 4.69) is 0 Å². The smallest absolute Gasteiger partial charge is 0.306 e. The minimum atomic E-state index is -0.809. The molecule has 3 atom stereocenters. The zero-order valence-electron chi connectivity index (χ0n) is 6.78. The van der Waals surface area contributed by atoms with Crippen LogP contribution in [0.5, 0.6) is 0 Å². The van der Waals surface area contributed by atoms with Crippen LogP contribution in [0.1, 0.15) is 13.3 Å². The summed E-state index contributed by atoms with van der Waals surface area (Å²) in [7, 11) is 0. The summed E-state index contributed by atoms with van der Waals surface area (Å²) < 4.78 is 10.2. The van der Waals surface area contributed by atoms with Crippen molar-refractivity contribution in [3.05, 3.63) is 0 Å². The Labute approximate surface area is 69.8 Å². The Balaban J connectivity index is 2.23. The Bertz CT molecular complexity index is 237. The molecular weight excluding hydrogens is 160 g/mol. The molecule has 0 saturated carbocycles. The Hall–Kier alpha value is -0.900. The van der Waals surface area contributed by atoms with E-state index in [1.807, 2.05) is 0 Å². The van der Waals surface area contributed by atoms with Gasteiger partial charge in [0.25, 0.3) is 0 Å². The first kappa shape index (κ1) is 7.73. The lowest BCUT2D eigenvalue weighted by Crippen LogP contribution is -2.34. The van der Waals surface area contributed by atoms with Gasteiger partial charge in [0.15, 0.2) is 6.29 Å². The van der Waals surface area contributed by atoms with Gasteiger partial charge in [-0.1, -0.05) is 0 Å². The van der Waals surface area contributed by atoms with Gasteiger partial charge in [-0.3, -0.25) is 4.79 Å². The Morgan fingerprint density at radius 1 is 1.67 bits per heavy atom. The zero-order chi connectivity index (χ0) is 8.77.